The Labute approximate surface area is 227 Å². The van der Waals surface area contributed by atoms with Gasteiger partial charge in [0.1, 0.15) is 24.2 Å². The van der Waals surface area contributed by atoms with Crippen molar-refractivity contribution in [2.45, 2.75) is 17.3 Å². The Morgan fingerprint density at radius 1 is 1.45 bits per heavy atom. The molecule has 14 nitrogen and oxygen atoms in total. The quantitative estimate of drug-likeness (QED) is 0.128. The number of allylic oxidation sites excluding steroid dienone is 1. The number of nitrogens with two attached hydrogens (primary N) is 1. The molecule has 1 aromatic carbocycles. The van der Waals surface area contributed by atoms with Gasteiger partial charge in [0, 0.05) is 29.2 Å². The molecule has 2 aromatic rings. The number of nitrogens with zero attached hydrogens (tertiary/aromatic N) is 5. The summed E-state index contributed by atoms with van der Waals surface area (Å²) in [5, 5.41) is 26.9. The van der Waals surface area contributed by atoms with Gasteiger partial charge in [0.05, 0.1) is 10.5 Å². The number of anilines is 1. The molecule has 2 aliphatic heterocycles. The maximum atomic E-state index is 13.0. The molecule has 0 saturated carbocycles. The van der Waals surface area contributed by atoms with Crippen LogP contribution in [0.25, 0.3) is 6.08 Å². The second kappa shape index (κ2) is 11.2. The number of aromatic nitrogens is 2. The zero-order valence-corrected chi connectivity index (χ0v) is 21.7. The van der Waals surface area contributed by atoms with Gasteiger partial charge in [-0.05, 0) is 23.3 Å². The van der Waals surface area contributed by atoms with Crippen LogP contribution in [0.1, 0.15) is 17.0 Å². The van der Waals surface area contributed by atoms with Crippen molar-refractivity contribution >= 4 is 75.3 Å². The molecular formula is C21H18ClN7O7S2. The van der Waals surface area contributed by atoms with Crippen molar-refractivity contribution in [3.8, 4) is 0 Å². The Morgan fingerprint density at radius 2 is 2.21 bits per heavy atom. The van der Waals surface area contributed by atoms with Gasteiger partial charge in [-0.3, -0.25) is 24.6 Å². The summed E-state index contributed by atoms with van der Waals surface area (Å²) >= 11 is 7.83. The first-order chi connectivity index (χ1) is 18.2. The second-order valence-electron chi connectivity index (χ2n) is 7.74. The van der Waals surface area contributed by atoms with E-state index in [4.69, 9.17) is 17.3 Å². The van der Waals surface area contributed by atoms with E-state index >= 15 is 0 Å². The first-order valence-electron chi connectivity index (χ1n) is 10.6. The fraction of sp³-hybridized carbons (Fsp3) is 0.238. The molecule has 2 aliphatic rings. The fourth-order valence-corrected chi connectivity index (χ4v) is 5.67. The standard InChI is InChI=1S/C21H18ClN7O7S2/c1-36-26-13(16-25-21(23)38-27-16)17(30)24-14-18(31)28-15(20(32)33)11(8-37-19(14)28)5-4-10-3-2-9(7-22)6-12(10)29(34)35/h2-6,14,19H,7-8H2,1H3,(H,24,30)(H,32,33)(H2,23,25,27)/b5-4+,26-13-/t14-,19?/m1/s1. The van der Waals surface area contributed by atoms with Gasteiger partial charge in [0.25, 0.3) is 17.5 Å². The largest absolute Gasteiger partial charge is 0.477 e. The van der Waals surface area contributed by atoms with Crippen molar-refractivity contribution in [3.63, 3.8) is 0 Å². The summed E-state index contributed by atoms with van der Waals surface area (Å²) < 4.78 is 3.92. The highest BCUT2D eigenvalue weighted by Crippen LogP contribution is 2.41. The number of benzene rings is 1. The van der Waals surface area contributed by atoms with Crippen LogP contribution in [0.15, 0.2) is 40.7 Å². The number of nitro benzene ring substituents is 1. The zero-order chi connectivity index (χ0) is 27.6. The number of nitro groups is 1. The number of nitrogens with one attached hydrogen (secondary N) is 1. The molecule has 198 valence electrons. The van der Waals surface area contributed by atoms with Crippen molar-refractivity contribution in [2.75, 3.05) is 18.6 Å². The minimum Gasteiger partial charge on any atom is -0.477 e. The highest BCUT2D eigenvalue weighted by atomic mass is 35.5. The van der Waals surface area contributed by atoms with Gasteiger partial charge in [0.2, 0.25) is 11.5 Å². The Hall–Kier alpha value is -4.02. The number of β-lactam (4-membered cyclic amide) rings is 1. The Kier molecular flexibility index (Phi) is 7.94. The van der Waals surface area contributed by atoms with Crippen molar-refractivity contribution in [3.05, 3.63) is 62.6 Å². The van der Waals surface area contributed by atoms with Crippen LogP contribution in [-0.4, -0.2) is 72.1 Å². The second-order valence-corrected chi connectivity index (χ2v) is 9.89. The number of alkyl halides is 1. The molecule has 2 atom stereocenters. The number of carbonyl (C=O) groups excluding carboxylic acids is 2. The average Bonchev–Trinajstić information content (AvgIpc) is 3.33. The van der Waals surface area contributed by atoms with Gasteiger partial charge in [-0.25, -0.2) is 4.79 Å². The van der Waals surface area contributed by atoms with E-state index in [0.717, 1.165) is 16.4 Å². The summed E-state index contributed by atoms with van der Waals surface area (Å²) in [6, 6.07) is 3.43. The number of amides is 2. The summed E-state index contributed by atoms with van der Waals surface area (Å²) in [5.41, 5.74) is 5.88. The van der Waals surface area contributed by atoms with Crippen molar-refractivity contribution < 1.29 is 29.3 Å². The molecule has 0 aliphatic carbocycles. The van der Waals surface area contributed by atoms with E-state index in [1.54, 1.807) is 6.07 Å². The number of halogens is 1. The van der Waals surface area contributed by atoms with Crippen LogP contribution in [0.4, 0.5) is 10.8 Å². The van der Waals surface area contributed by atoms with Gasteiger partial charge in [-0.15, -0.1) is 23.4 Å². The van der Waals surface area contributed by atoms with Crippen LogP contribution >= 0.6 is 34.9 Å². The topological polar surface area (TPSA) is 203 Å². The summed E-state index contributed by atoms with van der Waals surface area (Å²) in [7, 11) is 1.22. The summed E-state index contributed by atoms with van der Waals surface area (Å²) in [6.07, 6.45) is 2.84. The van der Waals surface area contributed by atoms with Crippen LogP contribution in [0, 0.1) is 10.1 Å². The third-order valence-corrected chi connectivity index (χ3v) is 7.60. The Bertz CT molecular complexity index is 1420. The highest BCUT2D eigenvalue weighted by molar-refractivity contribution is 8.00. The third kappa shape index (κ3) is 5.18. The molecule has 4 rings (SSSR count). The normalized spacial score (nSPS) is 19.3. The van der Waals surface area contributed by atoms with Gasteiger partial charge in [0.15, 0.2) is 5.13 Å². The zero-order valence-electron chi connectivity index (χ0n) is 19.4. The average molecular weight is 580 g/mol. The molecular weight excluding hydrogens is 562 g/mol. The van der Waals surface area contributed by atoms with E-state index in [2.05, 4.69) is 24.7 Å². The molecule has 4 N–H and O–H groups in total. The number of carbonyl (C=O) groups is 3. The molecule has 0 spiro atoms. The van der Waals surface area contributed by atoms with E-state index in [9.17, 15) is 29.6 Å². The van der Waals surface area contributed by atoms with Gasteiger partial charge in [-0.1, -0.05) is 17.3 Å². The van der Waals surface area contributed by atoms with Crippen molar-refractivity contribution in [2.24, 2.45) is 5.16 Å². The molecule has 17 heteroatoms. The first kappa shape index (κ1) is 27.0. The summed E-state index contributed by atoms with van der Waals surface area (Å²) in [4.78, 5) is 58.4. The lowest BCUT2D eigenvalue weighted by Gasteiger charge is -2.49. The van der Waals surface area contributed by atoms with Crippen molar-refractivity contribution in [1.29, 1.82) is 0 Å². The third-order valence-electron chi connectivity index (χ3n) is 5.45. The predicted molar refractivity (Wildman–Crippen MR) is 139 cm³/mol. The number of carboxylic acids is 1. The molecule has 0 radical (unpaired) electrons. The van der Waals surface area contributed by atoms with E-state index in [-0.39, 0.29) is 50.8 Å². The number of hydrogen-bond acceptors (Lipinski definition) is 12. The molecule has 38 heavy (non-hydrogen) atoms. The fourth-order valence-electron chi connectivity index (χ4n) is 3.75. The minimum absolute atomic E-state index is 0.0847. The van der Waals surface area contributed by atoms with Crippen LogP contribution in [0.5, 0.6) is 0 Å². The number of rotatable bonds is 9. The van der Waals surface area contributed by atoms with Crippen LogP contribution in [-0.2, 0) is 25.1 Å². The molecule has 3 heterocycles. The molecule has 1 fully saturated rings. The van der Waals surface area contributed by atoms with Gasteiger partial charge >= 0.3 is 5.97 Å². The molecule has 1 aromatic heterocycles. The van der Waals surface area contributed by atoms with E-state index in [1.165, 1.54) is 43.2 Å². The summed E-state index contributed by atoms with van der Waals surface area (Å²) in [6.45, 7) is 0. The Morgan fingerprint density at radius 3 is 2.82 bits per heavy atom. The molecule has 2 amide bonds. The first-order valence-corrected chi connectivity index (χ1v) is 13.0. The van der Waals surface area contributed by atoms with Crippen LogP contribution in [0.3, 0.4) is 0 Å². The lowest BCUT2D eigenvalue weighted by Crippen LogP contribution is -2.71. The van der Waals surface area contributed by atoms with E-state index < -0.39 is 34.1 Å². The maximum absolute atomic E-state index is 13.0. The van der Waals surface area contributed by atoms with Gasteiger partial charge < -0.3 is 21.0 Å². The van der Waals surface area contributed by atoms with E-state index in [0.29, 0.717) is 5.56 Å². The predicted octanol–water partition coefficient (Wildman–Crippen LogP) is 1.57. The number of thioether (sulfide) groups is 1. The number of aliphatic carboxylic acids is 1. The molecule has 1 saturated heterocycles. The monoisotopic (exact) mass is 579 g/mol. The smallest absolute Gasteiger partial charge is 0.352 e. The Balaban J connectivity index is 1.57. The number of carboxylic acid groups (broad SMARTS) is 1. The lowest BCUT2D eigenvalue weighted by molar-refractivity contribution is -0.385. The highest BCUT2D eigenvalue weighted by Gasteiger charge is 2.54. The lowest BCUT2D eigenvalue weighted by atomic mass is 10.0. The maximum Gasteiger partial charge on any atom is 0.352 e. The van der Waals surface area contributed by atoms with Crippen molar-refractivity contribution in [1.82, 2.24) is 19.6 Å². The minimum atomic E-state index is -1.36. The number of fused-ring (bicyclic) bond motifs is 1. The summed E-state index contributed by atoms with van der Waals surface area (Å²) in [5.74, 6) is -2.64. The molecule has 0 bridgehead atoms. The number of oxime groups is 1. The number of nitrogen functional groups attached to an aromatic ring is 1. The SMILES string of the molecule is CO/N=C(\C(=O)N[C@@H]1C(=O)N2C(C(=O)O)=C(/C=C/c3ccc(CCl)cc3[N+](=O)[O-])CSC12)c1nsc(N)n1. The molecule has 1 unspecified atom stereocenters. The van der Waals surface area contributed by atoms with Gasteiger partial charge in [-0.2, -0.15) is 9.36 Å². The van der Waals surface area contributed by atoms with Crippen LogP contribution in [0.2, 0.25) is 0 Å². The van der Waals surface area contributed by atoms with Crippen LogP contribution < -0.4 is 11.1 Å². The van der Waals surface area contributed by atoms with E-state index in [1.807, 2.05) is 0 Å². The number of hydrogen-bond donors (Lipinski definition) is 3.